The first-order valence-electron chi connectivity index (χ1n) is 7.96. The molecule has 1 atom stereocenters. The summed E-state index contributed by atoms with van der Waals surface area (Å²) >= 11 is 11.6. The van der Waals surface area contributed by atoms with Crippen molar-refractivity contribution in [1.82, 2.24) is 10.6 Å². The number of phenols is 1. The highest BCUT2D eigenvalue weighted by molar-refractivity contribution is 7.80. The molecular formula is C17H21ClN2O4S. The SMILES string of the molecule is CCCC1=C(C(=O)OCC)[C@@H](c2cc(OC)c(O)cc2Cl)NC(=S)N1. The number of rotatable bonds is 6. The first-order valence-corrected chi connectivity index (χ1v) is 8.75. The minimum absolute atomic E-state index is 0.0804. The molecule has 8 heteroatoms. The molecular weight excluding hydrogens is 364 g/mol. The van der Waals surface area contributed by atoms with Crippen molar-refractivity contribution in [1.29, 1.82) is 0 Å². The number of methoxy groups -OCH3 is 1. The number of hydrogen-bond acceptors (Lipinski definition) is 5. The number of phenolic OH excluding ortho intramolecular Hbond substituents is 1. The molecule has 2 rings (SSSR count). The number of carbonyl (C=O) groups is 1. The predicted octanol–water partition coefficient (Wildman–Crippen LogP) is 3.19. The van der Waals surface area contributed by atoms with Gasteiger partial charge in [0, 0.05) is 17.3 Å². The van der Waals surface area contributed by atoms with Gasteiger partial charge >= 0.3 is 5.97 Å². The van der Waals surface area contributed by atoms with Crippen LogP contribution in [0.2, 0.25) is 5.02 Å². The van der Waals surface area contributed by atoms with E-state index in [1.165, 1.54) is 13.2 Å². The summed E-state index contributed by atoms with van der Waals surface area (Å²) in [7, 11) is 1.44. The van der Waals surface area contributed by atoms with Crippen molar-refractivity contribution < 1.29 is 19.4 Å². The van der Waals surface area contributed by atoms with Crippen molar-refractivity contribution >= 4 is 34.9 Å². The standard InChI is InChI=1S/C17H21ClN2O4S/c1-4-6-11-14(16(22)24-5-2)15(20-17(25)19-11)9-7-13(23-3)12(21)8-10(9)18/h7-8,15,21H,4-6H2,1-3H3,(H2,19,20,25)/t15-/m1/s1. The number of benzene rings is 1. The Morgan fingerprint density at radius 2 is 2.12 bits per heavy atom. The number of thiocarbonyl (C=S) groups is 1. The number of ether oxygens (including phenoxy) is 2. The Balaban J connectivity index is 2.61. The maximum atomic E-state index is 12.6. The van der Waals surface area contributed by atoms with Crippen LogP contribution in [0.5, 0.6) is 11.5 Å². The van der Waals surface area contributed by atoms with E-state index in [0.29, 0.717) is 28.4 Å². The van der Waals surface area contributed by atoms with Gasteiger partial charge in [0.15, 0.2) is 16.6 Å². The van der Waals surface area contributed by atoms with E-state index in [0.717, 1.165) is 6.42 Å². The molecule has 1 aromatic carbocycles. The zero-order valence-corrected chi connectivity index (χ0v) is 15.9. The highest BCUT2D eigenvalue weighted by Crippen LogP contribution is 2.39. The maximum Gasteiger partial charge on any atom is 0.338 e. The van der Waals surface area contributed by atoms with Crippen LogP contribution in [0.15, 0.2) is 23.4 Å². The van der Waals surface area contributed by atoms with E-state index >= 15 is 0 Å². The number of carbonyl (C=O) groups excluding carboxylic acids is 1. The average Bonchev–Trinajstić information content (AvgIpc) is 2.55. The van der Waals surface area contributed by atoms with Gasteiger partial charge < -0.3 is 25.2 Å². The Labute approximate surface area is 157 Å². The molecule has 0 fully saturated rings. The van der Waals surface area contributed by atoms with Gasteiger partial charge in [0.25, 0.3) is 0 Å². The van der Waals surface area contributed by atoms with E-state index in [9.17, 15) is 9.90 Å². The van der Waals surface area contributed by atoms with E-state index in [2.05, 4.69) is 10.6 Å². The van der Waals surface area contributed by atoms with Crippen LogP contribution < -0.4 is 15.4 Å². The summed E-state index contributed by atoms with van der Waals surface area (Å²) in [4.78, 5) is 12.6. The van der Waals surface area contributed by atoms with Gasteiger partial charge in [0.05, 0.1) is 30.4 Å². The lowest BCUT2D eigenvalue weighted by Gasteiger charge is -2.31. The smallest absolute Gasteiger partial charge is 0.338 e. The highest BCUT2D eigenvalue weighted by atomic mass is 35.5. The van der Waals surface area contributed by atoms with Gasteiger partial charge in [-0.25, -0.2) is 4.79 Å². The van der Waals surface area contributed by atoms with Crippen molar-refractivity contribution in [2.24, 2.45) is 0 Å². The maximum absolute atomic E-state index is 12.6. The molecule has 1 aliphatic heterocycles. The molecule has 0 aliphatic carbocycles. The molecule has 1 aliphatic rings. The van der Waals surface area contributed by atoms with Crippen LogP contribution in [-0.4, -0.2) is 29.9 Å². The van der Waals surface area contributed by atoms with Crippen LogP contribution in [-0.2, 0) is 9.53 Å². The third-order valence-electron chi connectivity index (χ3n) is 3.76. The lowest BCUT2D eigenvalue weighted by Crippen LogP contribution is -2.45. The minimum atomic E-state index is -0.601. The van der Waals surface area contributed by atoms with Gasteiger partial charge in [-0.05, 0) is 31.6 Å². The predicted molar refractivity (Wildman–Crippen MR) is 99.8 cm³/mol. The molecule has 1 heterocycles. The summed E-state index contributed by atoms with van der Waals surface area (Å²) in [5, 5.41) is 16.7. The third-order valence-corrected chi connectivity index (χ3v) is 4.31. The second kappa shape index (κ2) is 8.40. The number of halogens is 1. The van der Waals surface area contributed by atoms with Crippen LogP contribution in [0.1, 0.15) is 38.3 Å². The zero-order chi connectivity index (χ0) is 18.6. The van der Waals surface area contributed by atoms with Crippen LogP contribution in [0.4, 0.5) is 0 Å². The lowest BCUT2D eigenvalue weighted by molar-refractivity contribution is -0.139. The number of allylic oxidation sites excluding steroid dienone is 1. The minimum Gasteiger partial charge on any atom is -0.504 e. The summed E-state index contributed by atoms with van der Waals surface area (Å²) in [5.74, 6) is -0.268. The molecule has 0 saturated carbocycles. The Morgan fingerprint density at radius 3 is 2.72 bits per heavy atom. The molecule has 1 aromatic rings. The number of hydrogen-bond donors (Lipinski definition) is 3. The van der Waals surface area contributed by atoms with E-state index in [1.54, 1.807) is 13.0 Å². The molecule has 0 amide bonds. The van der Waals surface area contributed by atoms with Crippen molar-refractivity contribution in [2.75, 3.05) is 13.7 Å². The summed E-state index contributed by atoms with van der Waals surface area (Å²) in [6.45, 7) is 4.01. The largest absolute Gasteiger partial charge is 0.504 e. The molecule has 0 spiro atoms. The summed E-state index contributed by atoms with van der Waals surface area (Å²) < 4.78 is 10.4. The first kappa shape index (κ1) is 19.3. The fourth-order valence-electron chi connectivity index (χ4n) is 2.69. The topological polar surface area (TPSA) is 79.8 Å². The van der Waals surface area contributed by atoms with Gasteiger partial charge in [-0.15, -0.1) is 0 Å². The van der Waals surface area contributed by atoms with Gasteiger partial charge in [-0.2, -0.15) is 0 Å². The van der Waals surface area contributed by atoms with Crippen LogP contribution in [0.3, 0.4) is 0 Å². The fraction of sp³-hybridized carbons (Fsp3) is 0.412. The van der Waals surface area contributed by atoms with Gasteiger partial charge in [0.1, 0.15) is 0 Å². The van der Waals surface area contributed by atoms with Gasteiger partial charge in [0.2, 0.25) is 0 Å². The van der Waals surface area contributed by atoms with Crippen molar-refractivity contribution in [3.8, 4) is 11.5 Å². The van der Waals surface area contributed by atoms with Crippen LogP contribution in [0, 0.1) is 0 Å². The second-order valence-corrected chi connectivity index (χ2v) is 6.26. The summed E-state index contributed by atoms with van der Waals surface area (Å²) in [5.41, 5.74) is 1.70. The van der Waals surface area contributed by atoms with E-state index in [1.807, 2.05) is 6.92 Å². The number of nitrogens with one attached hydrogen (secondary N) is 2. The Bertz CT molecular complexity index is 721. The van der Waals surface area contributed by atoms with Crippen molar-refractivity contribution in [3.63, 3.8) is 0 Å². The molecule has 0 aromatic heterocycles. The van der Waals surface area contributed by atoms with E-state index in [4.69, 9.17) is 33.3 Å². The van der Waals surface area contributed by atoms with Gasteiger partial charge in [-0.1, -0.05) is 24.9 Å². The second-order valence-electron chi connectivity index (χ2n) is 5.44. The zero-order valence-electron chi connectivity index (χ0n) is 14.3. The lowest BCUT2D eigenvalue weighted by atomic mass is 9.93. The Hall–Kier alpha value is -1.99. The van der Waals surface area contributed by atoms with Gasteiger partial charge in [-0.3, -0.25) is 0 Å². The Kier molecular flexibility index (Phi) is 6.50. The molecule has 25 heavy (non-hydrogen) atoms. The molecule has 0 bridgehead atoms. The van der Waals surface area contributed by atoms with Crippen LogP contribution in [0.25, 0.3) is 0 Å². The van der Waals surface area contributed by atoms with Crippen LogP contribution >= 0.6 is 23.8 Å². The van der Waals surface area contributed by atoms with E-state index in [-0.39, 0.29) is 23.1 Å². The quantitative estimate of drug-likeness (QED) is 0.513. The normalized spacial score (nSPS) is 17.0. The average molecular weight is 385 g/mol. The highest BCUT2D eigenvalue weighted by Gasteiger charge is 2.33. The molecule has 6 nitrogen and oxygen atoms in total. The van der Waals surface area contributed by atoms with Crippen molar-refractivity contribution in [2.45, 2.75) is 32.7 Å². The fourth-order valence-corrected chi connectivity index (χ4v) is 3.20. The third kappa shape index (κ3) is 4.16. The Morgan fingerprint density at radius 1 is 1.40 bits per heavy atom. The molecule has 136 valence electrons. The number of esters is 1. The van der Waals surface area contributed by atoms with Crippen molar-refractivity contribution in [3.05, 3.63) is 34.0 Å². The first-order chi connectivity index (χ1) is 11.9. The molecule has 3 N–H and O–H groups in total. The molecule has 0 radical (unpaired) electrons. The molecule has 0 saturated heterocycles. The molecule has 0 unspecified atom stereocenters. The monoisotopic (exact) mass is 384 g/mol. The summed E-state index contributed by atoms with van der Waals surface area (Å²) in [6.07, 6.45) is 1.46. The number of aromatic hydroxyl groups is 1. The summed E-state index contributed by atoms with van der Waals surface area (Å²) in [6, 6.07) is 2.37. The van der Waals surface area contributed by atoms with E-state index < -0.39 is 12.0 Å².